The van der Waals surface area contributed by atoms with E-state index in [4.69, 9.17) is 4.74 Å². The van der Waals surface area contributed by atoms with Gasteiger partial charge in [0.2, 0.25) is 10.0 Å². The van der Waals surface area contributed by atoms with E-state index in [0.29, 0.717) is 5.56 Å². The minimum absolute atomic E-state index is 0.0304. The molecule has 0 N–H and O–H groups in total. The quantitative estimate of drug-likeness (QED) is 0.395. The number of anilines is 1. The van der Waals surface area contributed by atoms with Crippen LogP contribution in [0.25, 0.3) is 0 Å². The van der Waals surface area contributed by atoms with Crippen molar-refractivity contribution in [2.24, 2.45) is 0 Å². The van der Waals surface area contributed by atoms with Crippen LogP contribution in [-0.2, 0) is 21.4 Å². The van der Waals surface area contributed by atoms with Crippen molar-refractivity contribution in [3.05, 3.63) is 94.8 Å². The Morgan fingerprint density at radius 3 is 2.29 bits per heavy atom. The molecular weight excluding hydrogens is 463 g/mol. The third kappa shape index (κ3) is 4.20. The highest BCUT2D eigenvalue weighted by Crippen LogP contribution is 2.29. The first-order valence-electron chi connectivity index (χ1n) is 10.1. The molecular formula is C24H19FN2O6S. The summed E-state index contributed by atoms with van der Waals surface area (Å²) in [6.07, 6.45) is 0. The van der Waals surface area contributed by atoms with Crippen LogP contribution in [0.15, 0.2) is 71.6 Å². The Morgan fingerprint density at radius 2 is 1.62 bits per heavy atom. The van der Waals surface area contributed by atoms with Gasteiger partial charge < -0.3 is 4.74 Å². The molecule has 174 valence electrons. The van der Waals surface area contributed by atoms with Gasteiger partial charge in [-0.2, -0.15) is 0 Å². The summed E-state index contributed by atoms with van der Waals surface area (Å²) in [5, 5.41) is 0. The predicted molar refractivity (Wildman–Crippen MR) is 120 cm³/mol. The highest BCUT2D eigenvalue weighted by atomic mass is 32.2. The van der Waals surface area contributed by atoms with Crippen LogP contribution in [0, 0.1) is 5.82 Å². The monoisotopic (exact) mass is 482 g/mol. The van der Waals surface area contributed by atoms with Gasteiger partial charge in [-0.3, -0.25) is 9.59 Å². The molecule has 34 heavy (non-hydrogen) atoms. The lowest BCUT2D eigenvalue weighted by atomic mass is 10.1. The first-order chi connectivity index (χ1) is 16.1. The van der Waals surface area contributed by atoms with E-state index in [1.807, 2.05) is 0 Å². The number of hydrogen-bond acceptors (Lipinski definition) is 6. The van der Waals surface area contributed by atoms with Crippen LogP contribution in [0.1, 0.15) is 36.6 Å². The summed E-state index contributed by atoms with van der Waals surface area (Å²) in [5.74, 6) is -2.47. The molecule has 0 aromatic heterocycles. The van der Waals surface area contributed by atoms with Crippen molar-refractivity contribution >= 4 is 33.5 Å². The van der Waals surface area contributed by atoms with Crippen molar-refractivity contribution in [1.29, 1.82) is 0 Å². The SMILES string of the molecule is CN(C)S(=O)(=O)c1cccc(COC(=O)c2ccc3c(c2)C(=O)N(c2ccc(F)cc2)C3=O)c1. The van der Waals surface area contributed by atoms with Gasteiger partial charge in [0.1, 0.15) is 12.4 Å². The summed E-state index contributed by atoms with van der Waals surface area (Å²) in [6, 6.07) is 14.9. The smallest absolute Gasteiger partial charge is 0.338 e. The van der Waals surface area contributed by atoms with E-state index in [9.17, 15) is 27.2 Å². The molecule has 0 atom stereocenters. The maximum Gasteiger partial charge on any atom is 0.338 e. The molecule has 0 aliphatic carbocycles. The number of imide groups is 1. The normalized spacial score (nSPS) is 13.4. The highest BCUT2D eigenvalue weighted by Gasteiger charge is 2.37. The van der Waals surface area contributed by atoms with Crippen LogP contribution in [-0.4, -0.2) is 44.6 Å². The molecule has 0 spiro atoms. The van der Waals surface area contributed by atoms with Gasteiger partial charge >= 0.3 is 5.97 Å². The van der Waals surface area contributed by atoms with Crippen LogP contribution in [0.3, 0.4) is 0 Å². The Balaban J connectivity index is 1.52. The van der Waals surface area contributed by atoms with Gasteiger partial charge in [-0.15, -0.1) is 0 Å². The molecule has 0 saturated heterocycles. The minimum Gasteiger partial charge on any atom is -0.457 e. The zero-order valence-electron chi connectivity index (χ0n) is 18.2. The lowest BCUT2D eigenvalue weighted by molar-refractivity contribution is 0.0472. The fourth-order valence-electron chi connectivity index (χ4n) is 3.43. The zero-order chi connectivity index (χ0) is 24.6. The van der Waals surface area contributed by atoms with Crippen molar-refractivity contribution in [1.82, 2.24) is 4.31 Å². The molecule has 8 nitrogen and oxygen atoms in total. The Hall–Kier alpha value is -3.89. The first kappa shape index (κ1) is 23.3. The molecule has 2 amide bonds. The molecule has 1 aliphatic rings. The van der Waals surface area contributed by atoms with Gasteiger partial charge in [-0.25, -0.2) is 26.8 Å². The van der Waals surface area contributed by atoms with E-state index in [1.54, 1.807) is 12.1 Å². The Morgan fingerprint density at radius 1 is 0.941 bits per heavy atom. The molecule has 1 aliphatic heterocycles. The molecule has 0 bridgehead atoms. The standard InChI is InChI=1S/C24H19FN2O6S/c1-26(2)34(31,32)19-5-3-4-15(12-19)14-33-24(30)16-6-11-20-21(13-16)23(29)27(22(20)28)18-9-7-17(25)8-10-18/h3-13H,14H2,1-2H3. The number of benzene rings is 3. The number of amides is 2. The second kappa shape index (κ2) is 8.81. The van der Waals surface area contributed by atoms with Gasteiger partial charge in [-0.1, -0.05) is 12.1 Å². The molecule has 0 saturated carbocycles. The second-order valence-electron chi connectivity index (χ2n) is 7.69. The second-order valence-corrected chi connectivity index (χ2v) is 9.85. The number of carbonyl (C=O) groups excluding carboxylic acids is 3. The van der Waals surface area contributed by atoms with Crippen LogP contribution < -0.4 is 4.90 Å². The molecule has 0 fully saturated rings. The lowest BCUT2D eigenvalue weighted by Crippen LogP contribution is -2.29. The third-order valence-corrected chi connectivity index (χ3v) is 7.07. The molecule has 3 aromatic rings. The van der Waals surface area contributed by atoms with E-state index < -0.39 is 33.6 Å². The van der Waals surface area contributed by atoms with E-state index in [-0.39, 0.29) is 33.9 Å². The molecule has 3 aromatic carbocycles. The van der Waals surface area contributed by atoms with E-state index in [0.717, 1.165) is 21.3 Å². The number of halogens is 1. The van der Waals surface area contributed by atoms with E-state index >= 15 is 0 Å². The van der Waals surface area contributed by atoms with Crippen molar-refractivity contribution < 1.29 is 31.9 Å². The third-order valence-electron chi connectivity index (χ3n) is 5.25. The fraction of sp³-hybridized carbons (Fsp3) is 0.125. The maximum absolute atomic E-state index is 13.2. The average molecular weight is 482 g/mol. The summed E-state index contributed by atoms with van der Waals surface area (Å²) in [7, 11) is -0.809. The molecule has 0 radical (unpaired) electrons. The number of nitrogens with zero attached hydrogens (tertiary/aromatic N) is 2. The van der Waals surface area contributed by atoms with Gasteiger partial charge in [0.15, 0.2) is 0 Å². The van der Waals surface area contributed by atoms with Crippen LogP contribution >= 0.6 is 0 Å². The van der Waals surface area contributed by atoms with Gasteiger partial charge in [-0.05, 0) is 60.2 Å². The topological polar surface area (TPSA) is 101 Å². The number of rotatable bonds is 6. The number of fused-ring (bicyclic) bond motifs is 1. The number of hydrogen-bond donors (Lipinski definition) is 0. The Bertz CT molecular complexity index is 1420. The summed E-state index contributed by atoms with van der Waals surface area (Å²) < 4.78 is 44.2. The van der Waals surface area contributed by atoms with Crippen molar-refractivity contribution in [2.75, 3.05) is 19.0 Å². The highest BCUT2D eigenvalue weighted by molar-refractivity contribution is 7.89. The van der Waals surface area contributed by atoms with E-state index in [2.05, 4.69) is 0 Å². The molecule has 0 unspecified atom stereocenters. The number of carbonyl (C=O) groups is 3. The fourth-order valence-corrected chi connectivity index (χ4v) is 4.40. The summed E-state index contributed by atoms with van der Waals surface area (Å²) in [5.41, 5.74) is 0.878. The van der Waals surface area contributed by atoms with Crippen molar-refractivity contribution in [3.63, 3.8) is 0 Å². The minimum atomic E-state index is -3.64. The van der Waals surface area contributed by atoms with Crippen LogP contribution in [0.4, 0.5) is 10.1 Å². The number of ether oxygens (including phenoxy) is 1. The van der Waals surface area contributed by atoms with Crippen LogP contribution in [0.2, 0.25) is 0 Å². The maximum atomic E-state index is 13.2. The van der Waals surface area contributed by atoms with Gasteiger partial charge in [0.05, 0.1) is 27.3 Å². The molecule has 10 heteroatoms. The van der Waals surface area contributed by atoms with Gasteiger partial charge in [0, 0.05) is 14.1 Å². The predicted octanol–water partition coefficient (Wildman–Crippen LogP) is 3.23. The largest absolute Gasteiger partial charge is 0.457 e. The zero-order valence-corrected chi connectivity index (χ0v) is 19.0. The van der Waals surface area contributed by atoms with Gasteiger partial charge in [0.25, 0.3) is 11.8 Å². The Labute approximate surface area is 195 Å². The summed E-state index contributed by atoms with van der Waals surface area (Å²) in [6.45, 7) is -0.193. The lowest BCUT2D eigenvalue weighted by Gasteiger charge is -2.13. The number of sulfonamides is 1. The van der Waals surface area contributed by atoms with Crippen molar-refractivity contribution in [2.45, 2.75) is 11.5 Å². The number of esters is 1. The Kier molecular flexibility index (Phi) is 6.03. The van der Waals surface area contributed by atoms with Crippen LogP contribution in [0.5, 0.6) is 0 Å². The summed E-state index contributed by atoms with van der Waals surface area (Å²) >= 11 is 0. The van der Waals surface area contributed by atoms with Crippen molar-refractivity contribution in [3.8, 4) is 0 Å². The first-order valence-corrected chi connectivity index (χ1v) is 11.5. The molecule has 4 rings (SSSR count). The summed E-state index contributed by atoms with van der Waals surface area (Å²) in [4.78, 5) is 39.1. The van der Waals surface area contributed by atoms with E-state index in [1.165, 1.54) is 56.6 Å². The molecule has 1 heterocycles. The average Bonchev–Trinajstić information content (AvgIpc) is 3.07.